The van der Waals surface area contributed by atoms with Crippen LogP contribution in [0.4, 0.5) is 0 Å². The number of ether oxygens (including phenoxy) is 4. The summed E-state index contributed by atoms with van der Waals surface area (Å²) in [5.74, 6) is -3.87. The van der Waals surface area contributed by atoms with E-state index in [1.54, 1.807) is 24.3 Å². The van der Waals surface area contributed by atoms with Crippen molar-refractivity contribution >= 4 is 81.9 Å². The zero-order chi connectivity index (χ0) is 78.8. The Morgan fingerprint density at radius 3 is 0.596 bits per heavy atom. The fourth-order valence-electron chi connectivity index (χ4n) is 13.6. The average Bonchev–Trinajstić information content (AvgIpc) is 0.798. The predicted octanol–water partition coefficient (Wildman–Crippen LogP) is 27.1. The van der Waals surface area contributed by atoms with Crippen LogP contribution in [-0.4, -0.2) is 114 Å². The smallest absolute Gasteiger partial charge is 0.744 e. The Morgan fingerprint density at radius 2 is 0.422 bits per heavy atom. The largest absolute Gasteiger partial charge is 2.00 e. The molecule has 14 nitrogen and oxygen atoms in total. The number of rotatable bonds is 74. The second-order valence-electron chi connectivity index (χ2n) is 30.1. The predicted molar refractivity (Wildman–Crippen MR) is 452 cm³/mol. The molecular weight excluding hydrogens is 1430 g/mol. The van der Waals surface area contributed by atoms with Gasteiger partial charge in [0.25, 0.3) is 0 Å². The fourth-order valence-corrected chi connectivity index (χ4v) is 15.0. The van der Waals surface area contributed by atoms with Crippen LogP contribution in [0.25, 0.3) is 0 Å². The molecule has 0 unspecified atom stereocenters. The van der Waals surface area contributed by atoms with Gasteiger partial charge in [0.15, 0.2) is 0 Å². The number of hydrogen-bond donors (Lipinski definition) is 0. The van der Waals surface area contributed by atoms with Crippen LogP contribution in [-0.2, 0) is 39.2 Å². The Morgan fingerprint density at radius 1 is 0.257 bits per heavy atom. The van der Waals surface area contributed by atoms with Crippen molar-refractivity contribution in [3.05, 3.63) is 107 Å². The van der Waals surface area contributed by atoms with E-state index in [1.165, 1.54) is 332 Å². The van der Waals surface area contributed by atoms with E-state index < -0.39 is 65.0 Å². The van der Waals surface area contributed by atoms with Crippen molar-refractivity contribution in [2.24, 2.45) is 0 Å². The van der Waals surface area contributed by atoms with Crippen LogP contribution in [0.5, 0.6) is 0 Å². The molecule has 0 saturated heterocycles. The summed E-state index contributed by atoms with van der Waals surface area (Å²) in [6, 6.07) is 7.07. The molecule has 0 saturated carbocycles. The van der Waals surface area contributed by atoms with Crippen molar-refractivity contribution in [3.63, 3.8) is 0 Å². The number of hydrogen-bond acceptors (Lipinski definition) is 14. The van der Waals surface area contributed by atoms with E-state index in [9.17, 15) is 45.1 Å². The van der Waals surface area contributed by atoms with Gasteiger partial charge < -0.3 is 28.1 Å². The van der Waals surface area contributed by atoms with Crippen LogP contribution in [0.1, 0.15) is 454 Å². The SMILES string of the molecule is CCCCCCCCCCCCCCCC/C=C/COC(=O)c1cccc(S(=O)(=O)[O-])c1C(=O)OC/C=C/CCCCCCCCCCCCCCCC.CCCCCCCCCCCCCCCC/C=C/COC(=O)c1cccc(S(=O)(=O)[O-])c1C(=O)OC/C=C/CCCCCCCCCCCCCCCC.[Ca+2]. The van der Waals surface area contributed by atoms with Gasteiger partial charge in [-0.25, -0.2) is 36.0 Å². The second-order valence-corrected chi connectivity index (χ2v) is 32.8. The Kier molecular flexibility index (Phi) is 74.4. The molecule has 0 bridgehead atoms. The van der Waals surface area contributed by atoms with Crippen molar-refractivity contribution in [3.8, 4) is 0 Å². The summed E-state index contributed by atoms with van der Waals surface area (Å²) in [6.07, 6.45) is 91.3. The summed E-state index contributed by atoms with van der Waals surface area (Å²) >= 11 is 0. The first kappa shape index (κ1) is 105. The van der Waals surface area contributed by atoms with Gasteiger partial charge in [-0.05, 0) is 75.6 Å². The number of carbonyl (C=O) groups is 4. The molecule has 0 aliphatic carbocycles. The van der Waals surface area contributed by atoms with Gasteiger partial charge in [-0.2, -0.15) is 0 Å². The molecule has 2 rings (SSSR count). The molecule has 2 aromatic carbocycles. The number of unbranched alkanes of at least 4 members (excludes halogenated alkanes) is 56. The van der Waals surface area contributed by atoms with Crippen LogP contribution in [0.2, 0.25) is 0 Å². The topological polar surface area (TPSA) is 220 Å². The van der Waals surface area contributed by atoms with E-state index in [0.717, 1.165) is 89.2 Å². The van der Waals surface area contributed by atoms with Crippen LogP contribution in [0.3, 0.4) is 0 Å². The first-order valence-electron chi connectivity index (χ1n) is 44.1. The molecule has 0 aliphatic rings. The molecule has 0 radical (unpaired) electrons. The minimum absolute atomic E-state index is 0. The van der Waals surface area contributed by atoms with Gasteiger partial charge in [-0.1, -0.05) is 422 Å². The average molecular weight is 1590 g/mol. The van der Waals surface area contributed by atoms with Gasteiger partial charge in [-0.15, -0.1) is 0 Å². The monoisotopic (exact) mass is 1590 g/mol. The van der Waals surface area contributed by atoms with E-state index in [2.05, 4.69) is 27.7 Å². The van der Waals surface area contributed by atoms with Gasteiger partial charge in [0.1, 0.15) is 46.7 Å². The summed E-state index contributed by atoms with van der Waals surface area (Å²) < 4.78 is 93.0. The Labute approximate surface area is 696 Å². The molecule has 0 heterocycles. The van der Waals surface area contributed by atoms with Crippen LogP contribution in [0.15, 0.2) is 94.8 Å². The molecule has 620 valence electrons. The number of benzene rings is 2. The van der Waals surface area contributed by atoms with Crippen molar-refractivity contribution in [1.82, 2.24) is 0 Å². The van der Waals surface area contributed by atoms with Crippen LogP contribution in [0, 0.1) is 0 Å². The Bertz CT molecular complexity index is 2670. The molecule has 0 amide bonds. The van der Waals surface area contributed by atoms with E-state index in [4.69, 9.17) is 18.9 Å². The quantitative estimate of drug-likeness (QED) is 0.0150. The third-order valence-corrected chi connectivity index (χ3v) is 22.0. The van der Waals surface area contributed by atoms with E-state index >= 15 is 0 Å². The third kappa shape index (κ3) is 62.4. The van der Waals surface area contributed by atoms with E-state index in [0.29, 0.717) is 0 Å². The first-order chi connectivity index (χ1) is 52.6. The number of esters is 4. The molecule has 0 atom stereocenters. The summed E-state index contributed by atoms with van der Waals surface area (Å²) in [5.41, 5.74) is -1.76. The maximum absolute atomic E-state index is 13.0. The molecule has 0 N–H and O–H groups in total. The Hall–Kier alpha value is -3.64. The van der Waals surface area contributed by atoms with Gasteiger partial charge in [0.05, 0.1) is 32.0 Å². The fraction of sp³-hybridized carbons (Fsp3) is 0.739. The van der Waals surface area contributed by atoms with Crippen molar-refractivity contribution < 1.29 is 64.1 Å². The Balaban J connectivity index is 0.00000212. The van der Waals surface area contributed by atoms with Gasteiger partial charge in [0.2, 0.25) is 0 Å². The standard InChI is InChI=1S/2C46H78O7S.Ca/c2*1-3-5-7-9-11-13-15-17-19-21-23-25-27-29-31-33-35-40-52-45(47)42-38-37-39-43(54(49,50)51)44(42)46(48)53-41-36-34-32-30-28-26-24-22-20-18-16-14-12-10-8-6-4-2;/h2*33-39H,3-32,40-41H2,1-2H3,(H,49,50,51);/q;;+2/p-2/b2*35-33+,36-34+;. The zero-order valence-electron chi connectivity index (χ0n) is 69.6. The van der Waals surface area contributed by atoms with Crippen LogP contribution >= 0.6 is 0 Å². The number of allylic oxidation sites excluding steroid dienone is 4. The minimum atomic E-state index is -5.04. The molecule has 0 aromatic heterocycles. The summed E-state index contributed by atoms with van der Waals surface area (Å²) in [5, 5.41) is 0. The van der Waals surface area contributed by atoms with Crippen molar-refractivity contribution in [1.29, 1.82) is 0 Å². The van der Waals surface area contributed by atoms with Gasteiger partial charge >= 0.3 is 61.6 Å². The minimum Gasteiger partial charge on any atom is -0.744 e. The molecule has 2 aromatic rings. The molecule has 109 heavy (non-hydrogen) atoms. The summed E-state index contributed by atoms with van der Waals surface area (Å²) in [6.45, 7) is 8.79. The summed E-state index contributed by atoms with van der Waals surface area (Å²) in [7, 11) is -10.1. The maximum atomic E-state index is 13.0. The van der Waals surface area contributed by atoms with Crippen LogP contribution < -0.4 is 0 Å². The molecule has 0 spiro atoms. The third-order valence-electron chi connectivity index (χ3n) is 20.2. The molecule has 17 heteroatoms. The molecule has 0 aliphatic heterocycles. The number of carbonyl (C=O) groups excluding carboxylic acids is 4. The van der Waals surface area contributed by atoms with Crippen molar-refractivity contribution in [2.45, 2.75) is 423 Å². The normalized spacial score (nSPS) is 11.8. The van der Waals surface area contributed by atoms with Crippen molar-refractivity contribution in [2.75, 3.05) is 26.4 Å². The first-order valence-corrected chi connectivity index (χ1v) is 46.9. The second kappa shape index (κ2) is 77.0. The molecule has 0 fully saturated rings. The van der Waals surface area contributed by atoms with Gasteiger partial charge in [0, 0.05) is 0 Å². The van der Waals surface area contributed by atoms with E-state index in [-0.39, 0.29) is 75.3 Å². The van der Waals surface area contributed by atoms with Gasteiger partial charge in [-0.3, -0.25) is 0 Å². The van der Waals surface area contributed by atoms with E-state index in [1.807, 2.05) is 24.3 Å². The molecular formula is C92H154CaO14S2. The maximum Gasteiger partial charge on any atom is 2.00 e. The zero-order valence-corrected chi connectivity index (χ0v) is 73.4. The summed E-state index contributed by atoms with van der Waals surface area (Å²) in [4.78, 5) is 50.1.